The number of benzene rings is 1. The van der Waals surface area contributed by atoms with E-state index in [-0.39, 0.29) is 10.9 Å². The van der Waals surface area contributed by atoms with Crippen molar-refractivity contribution in [3.05, 3.63) is 18.2 Å². The van der Waals surface area contributed by atoms with Gasteiger partial charge in [-0.2, -0.15) is 11.8 Å². The van der Waals surface area contributed by atoms with Gasteiger partial charge in [-0.15, -0.1) is 0 Å². The number of nitrogen functional groups attached to an aromatic ring is 1. The molecule has 1 unspecified atom stereocenters. The van der Waals surface area contributed by atoms with Gasteiger partial charge in [0, 0.05) is 18.8 Å². The van der Waals surface area contributed by atoms with Gasteiger partial charge in [-0.3, -0.25) is 0 Å². The number of hydrogen-bond acceptors (Lipinski definition) is 5. The van der Waals surface area contributed by atoms with Gasteiger partial charge < -0.3 is 10.6 Å². The number of nitrogens with one attached hydrogen (secondary N) is 1. The molecule has 20 heavy (non-hydrogen) atoms. The molecule has 0 bridgehead atoms. The molecule has 114 valence electrons. The van der Waals surface area contributed by atoms with Crippen LogP contribution < -0.4 is 15.4 Å². The van der Waals surface area contributed by atoms with Crippen molar-refractivity contribution in [2.75, 3.05) is 36.7 Å². The maximum absolute atomic E-state index is 12.1. The Morgan fingerprint density at radius 2 is 2.10 bits per heavy atom. The topological polar surface area (TPSA) is 75.4 Å². The number of sulfonamides is 1. The molecule has 0 aliphatic heterocycles. The zero-order chi connectivity index (χ0) is 15.3. The SMILES string of the molecule is CNS(=O)(=O)c1cc(N)ccc1N(C)C(C)CCSC. The second-order valence-electron chi connectivity index (χ2n) is 4.68. The van der Waals surface area contributed by atoms with Crippen molar-refractivity contribution in [1.29, 1.82) is 0 Å². The highest BCUT2D eigenvalue weighted by Gasteiger charge is 2.21. The Labute approximate surface area is 126 Å². The summed E-state index contributed by atoms with van der Waals surface area (Å²) in [5.74, 6) is 1.04. The highest BCUT2D eigenvalue weighted by atomic mass is 32.2. The lowest BCUT2D eigenvalue weighted by atomic mass is 10.2. The fourth-order valence-corrected chi connectivity index (χ4v) is 3.44. The first-order valence-corrected chi connectivity index (χ1v) is 9.26. The molecule has 0 amide bonds. The lowest BCUT2D eigenvalue weighted by molar-refractivity contribution is 0.586. The Morgan fingerprint density at radius 1 is 1.45 bits per heavy atom. The van der Waals surface area contributed by atoms with Gasteiger partial charge in [0.1, 0.15) is 4.90 Å². The van der Waals surface area contributed by atoms with Crippen LogP contribution in [0.3, 0.4) is 0 Å². The molecular formula is C13H23N3O2S2. The van der Waals surface area contributed by atoms with Crippen LogP contribution in [-0.2, 0) is 10.0 Å². The monoisotopic (exact) mass is 317 g/mol. The Bertz CT molecular complexity index is 547. The molecule has 0 aromatic heterocycles. The Balaban J connectivity index is 3.18. The molecule has 0 saturated heterocycles. The van der Waals surface area contributed by atoms with E-state index in [9.17, 15) is 8.42 Å². The average Bonchev–Trinajstić information content (AvgIpc) is 2.43. The van der Waals surface area contributed by atoms with Crippen LogP contribution in [0, 0.1) is 0 Å². The molecule has 1 atom stereocenters. The molecule has 7 heteroatoms. The second-order valence-corrected chi connectivity index (χ2v) is 7.52. The van der Waals surface area contributed by atoms with Crippen molar-refractivity contribution in [1.82, 2.24) is 4.72 Å². The van der Waals surface area contributed by atoms with Gasteiger partial charge in [0.25, 0.3) is 0 Å². The van der Waals surface area contributed by atoms with Crippen LogP contribution in [-0.4, -0.2) is 40.6 Å². The predicted octanol–water partition coefficient (Wildman–Crippen LogP) is 1.75. The molecule has 0 aliphatic rings. The standard InChI is InChI=1S/C13H23N3O2S2/c1-10(7-8-19-4)16(3)12-6-5-11(14)9-13(12)20(17,18)15-2/h5-6,9-10,15H,7-8,14H2,1-4H3. The summed E-state index contributed by atoms with van der Waals surface area (Å²) in [4.78, 5) is 2.21. The minimum atomic E-state index is -3.53. The van der Waals surface area contributed by atoms with Crippen molar-refractivity contribution in [2.24, 2.45) is 0 Å². The molecule has 1 aromatic rings. The summed E-state index contributed by atoms with van der Waals surface area (Å²) >= 11 is 1.78. The van der Waals surface area contributed by atoms with Crippen molar-refractivity contribution in [3.8, 4) is 0 Å². The lowest BCUT2D eigenvalue weighted by Gasteiger charge is -2.29. The largest absolute Gasteiger partial charge is 0.399 e. The Hall–Kier alpha value is -0.920. The van der Waals surface area contributed by atoms with Gasteiger partial charge in [-0.25, -0.2) is 13.1 Å². The van der Waals surface area contributed by atoms with Crippen molar-refractivity contribution >= 4 is 33.2 Å². The Kier molecular flexibility index (Phi) is 6.16. The third kappa shape index (κ3) is 4.04. The number of thioether (sulfide) groups is 1. The molecule has 0 aliphatic carbocycles. The highest BCUT2D eigenvalue weighted by Crippen LogP contribution is 2.28. The van der Waals surface area contributed by atoms with Gasteiger partial charge in [0.2, 0.25) is 10.0 Å². The Morgan fingerprint density at radius 3 is 2.65 bits per heavy atom. The van der Waals surface area contributed by atoms with Crippen LogP contribution in [0.5, 0.6) is 0 Å². The van der Waals surface area contributed by atoms with Crippen molar-refractivity contribution < 1.29 is 8.42 Å². The van der Waals surface area contributed by atoms with Gasteiger partial charge in [-0.05, 0) is 50.6 Å². The highest BCUT2D eigenvalue weighted by molar-refractivity contribution is 7.98. The fraction of sp³-hybridized carbons (Fsp3) is 0.538. The number of rotatable bonds is 7. The fourth-order valence-electron chi connectivity index (χ4n) is 1.87. The van der Waals surface area contributed by atoms with E-state index in [0.717, 1.165) is 12.2 Å². The predicted molar refractivity (Wildman–Crippen MR) is 88.0 cm³/mol. The van der Waals surface area contributed by atoms with E-state index in [2.05, 4.69) is 17.9 Å². The molecule has 0 radical (unpaired) electrons. The van der Waals surface area contributed by atoms with E-state index in [1.54, 1.807) is 23.9 Å². The minimum Gasteiger partial charge on any atom is -0.399 e. The van der Waals surface area contributed by atoms with Crippen LogP contribution in [0.4, 0.5) is 11.4 Å². The quantitative estimate of drug-likeness (QED) is 0.750. The summed E-state index contributed by atoms with van der Waals surface area (Å²) in [5.41, 5.74) is 6.83. The number of hydrogen-bond donors (Lipinski definition) is 2. The summed E-state index contributed by atoms with van der Waals surface area (Å²) in [7, 11) is -0.217. The van der Waals surface area contributed by atoms with Crippen molar-refractivity contribution in [2.45, 2.75) is 24.3 Å². The molecule has 0 heterocycles. The minimum absolute atomic E-state index is 0.221. The molecule has 0 saturated carbocycles. The summed E-state index contributed by atoms with van der Waals surface area (Å²) in [6, 6.07) is 5.23. The first-order valence-electron chi connectivity index (χ1n) is 6.38. The van der Waals surface area contributed by atoms with Crippen LogP contribution in [0.1, 0.15) is 13.3 Å². The normalized spacial score (nSPS) is 13.2. The molecule has 1 aromatic carbocycles. The van der Waals surface area contributed by atoms with Crippen molar-refractivity contribution in [3.63, 3.8) is 0 Å². The van der Waals surface area contributed by atoms with Crippen LogP contribution in [0.2, 0.25) is 0 Å². The van der Waals surface area contributed by atoms with E-state index in [1.165, 1.54) is 13.1 Å². The number of nitrogens with zero attached hydrogens (tertiary/aromatic N) is 1. The second kappa shape index (κ2) is 7.19. The van der Waals surface area contributed by atoms with Gasteiger partial charge >= 0.3 is 0 Å². The summed E-state index contributed by atoms with van der Waals surface area (Å²) in [6.45, 7) is 2.09. The zero-order valence-electron chi connectivity index (χ0n) is 12.4. The van der Waals surface area contributed by atoms with E-state index < -0.39 is 10.0 Å². The number of nitrogens with two attached hydrogens (primary N) is 1. The molecule has 3 N–H and O–H groups in total. The van der Waals surface area contributed by atoms with Gasteiger partial charge in [-0.1, -0.05) is 0 Å². The smallest absolute Gasteiger partial charge is 0.242 e. The third-order valence-corrected chi connectivity index (χ3v) is 5.41. The molecule has 0 spiro atoms. The van der Waals surface area contributed by atoms with Gasteiger partial charge in [0.15, 0.2) is 0 Å². The summed E-state index contributed by atoms with van der Waals surface area (Å²) in [6.07, 6.45) is 3.05. The number of anilines is 2. The molecular weight excluding hydrogens is 294 g/mol. The van der Waals surface area contributed by atoms with E-state index >= 15 is 0 Å². The van der Waals surface area contributed by atoms with Gasteiger partial charge in [0.05, 0.1) is 5.69 Å². The van der Waals surface area contributed by atoms with Crippen LogP contribution in [0.25, 0.3) is 0 Å². The summed E-state index contributed by atoms with van der Waals surface area (Å²) < 4.78 is 26.6. The molecule has 0 fully saturated rings. The summed E-state index contributed by atoms with van der Waals surface area (Å²) in [5, 5.41) is 0. The first kappa shape index (κ1) is 17.1. The average molecular weight is 317 g/mol. The van der Waals surface area contributed by atoms with E-state index in [0.29, 0.717) is 11.4 Å². The zero-order valence-corrected chi connectivity index (χ0v) is 14.0. The van der Waals surface area contributed by atoms with Crippen LogP contribution in [0.15, 0.2) is 23.1 Å². The van der Waals surface area contributed by atoms with E-state index in [4.69, 9.17) is 5.73 Å². The maximum atomic E-state index is 12.1. The molecule has 1 rings (SSSR count). The maximum Gasteiger partial charge on any atom is 0.242 e. The molecule has 5 nitrogen and oxygen atoms in total. The van der Waals surface area contributed by atoms with E-state index in [1.807, 2.05) is 11.9 Å². The lowest BCUT2D eigenvalue weighted by Crippen LogP contribution is -2.32. The van der Waals surface area contributed by atoms with Crippen LogP contribution >= 0.6 is 11.8 Å². The first-order chi connectivity index (χ1) is 9.33. The third-order valence-electron chi connectivity index (χ3n) is 3.32.